The number of thiophene rings is 1. The average molecular weight is 472 g/mol. The van der Waals surface area contributed by atoms with Crippen molar-refractivity contribution in [2.75, 3.05) is 5.32 Å². The van der Waals surface area contributed by atoms with Gasteiger partial charge in [-0.15, -0.1) is 22.7 Å². The molecule has 6 rings (SSSR count). The zero-order valence-corrected chi connectivity index (χ0v) is 19.6. The molecule has 0 saturated carbocycles. The number of pyridine rings is 1. The van der Waals surface area contributed by atoms with Crippen LogP contribution in [-0.4, -0.2) is 25.8 Å². The van der Waals surface area contributed by atoms with Gasteiger partial charge in [0.2, 0.25) is 0 Å². The van der Waals surface area contributed by atoms with E-state index in [0.717, 1.165) is 57.4 Å². The number of hydrogen-bond acceptors (Lipinski definition) is 6. The number of aryl methyl sites for hydroxylation is 2. The lowest BCUT2D eigenvalue weighted by Gasteiger charge is -2.11. The highest BCUT2D eigenvalue weighted by Crippen LogP contribution is 2.44. The minimum atomic E-state index is -0.136. The molecule has 0 atom stereocenters. The molecule has 0 unspecified atom stereocenters. The van der Waals surface area contributed by atoms with Crippen LogP contribution in [0, 0.1) is 6.92 Å². The molecule has 0 radical (unpaired) electrons. The fourth-order valence-electron chi connectivity index (χ4n) is 4.34. The molecule has 0 aliphatic heterocycles. The Labute approximate surface area is 198 Å². The summed E-state index contributed by atoms with van der Waals surface area (Å²) in [6.07, 6.45) is 6.14. The van der Waals surface area contributed by atoms with Gasteiger partial charge in [-0.3, -0.25) is 9.78 Å². The normalized spacial score (nSPS) is 13.2. The maximum absolute atomic E-state index is 13.4. The van der Waals surface area contributed by atoms with E-state index in [4.69, 9.17) is 4.98 Å². The molecule has 8 heteroatoms. The van der Waals surface area contributed by atoms with Crippen LogP contribution in [0.3, 0.4) is 0 Å². The Balaban J connectivity index is 1.39. The van der Waals surface area contributed by atoms with Gasteiger partial charge in [0.25, 0.3) is 5.91 Å². The topological polar surface area (TPSA) is 83.6 Å². The number of para-hydroxylation sites is 2. The number of thiazole rings is 1. The first kappa shape index (κ1) is 20.3. The second-order valence-corrected chi connectivity index (χ2v) is 10.2. The first-order valence-corrected chi connectivity index (χ1v) is 12.6. The van der Waals surface area contributed by atoms with E-state index >= 15 is 0 Å². The van der Waals surface area contributed by atoms with Gasteiger partial charge in [0.05, 0.1) is 28.0 Å². The number of imidazole rings is 1. The van der Waals surface area contributed by atoms with E-state index < -0.39 is 0 Å². The molecule has 164 valence electrons. The Bertz CT molecular complexity index is 1450. The van der Waals surface area contributed by atoms with Crippen LogP contribution in [0.5, 0.6) is 0 Å². The van der Waals surface area contributed by atoms with Crippen molar-refractivity contribution in [3.05, 3.63) is 69.7 Å². The second kappa shape index (κ2) is 8.20. The zero-order valence-electron chi connectivity index (χ0n) is 18.0. The Morgan fingerprint density at radius 3 is 2.73 bits per heavy atom. The van der Waals surface area contributed by atoms with Crippen molar-refractivity contribution in [3.8, 4) is 22.1 Å². The van der Waals surface area contributed by atoms with Crippen molar-refractivity contribution in [1.82, 2.24) is 19.9 Å². The van der Waals surface area contributed by atoms with E-state index in [1.807, 2.05) is 49.4 Å². The molecular weight excluding hydrogens is 450 g/mol. The number of aromatic amines is 1. The number of aromatic nitrogens is 4. The van der Waals surface area contributed by atoms with E-state index in [9.17, 15) is 4.79 Å². The predicted octanol–water partition coefficient (Wildman–Crippen LogP) is 6.25. The lowest BCUT2D eigenvalue weighted by molar-refractivity contribution is 0.103. The Kier molecular flexibility index (Phi) is 5.04. The van der Waals surface area contributed by atoms with Crippen LogP contribution < -0.4 is 5.32 Å². The lowest BCUT2D eigenvalue weighted by atomic mass is 9.95. The molecule has 1 aliphatic carbocycles. The molecule has 1 amide bonds. The fraction of sp³-hybridized carbons (Fsp3) is 0.200. The number of amides is 1. The van der Waals surface area contributed by atoms with Gasteiger partial charge in [0.15, 0.2) is 0 Å². The number of hydrogen-bond donors (Lipinski definition) is 2. The van der Waals surface area contributed by atoms with Gasteiger partial charge in [-0.05, 0) is 62.4 Å². The minimum Gasteiger partial charge on any atom is -0.338 e. The lowest BCUT2D eigenvalue weighted by Crippen LogP contribution is -2.11. The van der Waals surface area contributed by atoms with E-state index in [0.29, 0.717) is 10.6 Å². The van der Waals surface area contributed by atoms with Gasteiger partial charge in [0.1, 0.15) is 20.7 Å². The van der Waals surface area contributed by atoms with Crippen molar-refractivity contribution in [1.29, 1.82) is 0 Å². The Morgan fingerprint density at radius 1 is 1.03 bits per heavy atom. The van der Waals surface area contributed by atoms with Gasteiger partial charge in [-0.25, -0.2) is 9.97 Å². The summed E-state index contributed by atoms with van der Waals surface area (Å²) in [6, 6.07) is 13.7. The summed E-state index contributed by atoms with van der Waals surface area (Å²) in [5.74, 6) is 0.684. The third-order valence-corrected chi connectivity index (χ3v) is 8.30. The maximum atomic E-state index is 13.4. The molecule has 33 heavy (non-hydrogen) atoms. The van der Waals surface area contributed by atoms with E-state index in [1.54, 1.807) is 17.5 Å². The zero-order chi connectivity index (χ0) is 22.4. The highest BCUT2D eigenvalue weighted by Gasteiger charge is 2.26. The predicted molar refractivity (Wildman–Crippen MR) is 134 cm³/mol. The summed E-state index contributed by atoms with van der Waals surface area (Å²) < 4.78 is 0. The SMILES string of the molecule is Cc1nc(-c2ccccn2)sc1C(=O)Nc1sc2c(c1-c1nc3ccccc3[nH]1)CCCC2. The summed E-state index contributed by atoms with van der Waals surface area (Å²) in [5, 5.41) is 4.81. The van der Waals surface area contributed by atoms with Crippen LogP contribution in [-0.2, 0) is 12.8 Å². The van der Waals surface area contributed by atoms with Crippen molar-refractivity contribution in [2.24, 2.45) is 0 Å². The summed E-state index contributed by atoms with van der Waals surface area (Å²) in [7, 11) is 0. The molecule has 0 bridgehead atoms. The fourth-order valence-corrected chi connectivity index (χ4v) is 6.57. The number of carbonyl (C=O) groups is 1. The standard InChI is InChI=1S/C25H21N5OS2/c1-14-21(33-24(27-14)18-11-6-7-13-26-18)23(31)30-25-20(15-8-2-5-12-19(15)32-25)22-28-16-9-3-4-10-17(16)29-22/h3-4,6-7,9-11,13H,2,5,8,12H2,1H3,(H,28,29)(H,30,31). The van der Waals surface area contributed by atoms with Crippen LogP contribution in [0.25, 0.3) is 33.1 Å². The number of nitrogens with zero attached hydrogens (tertiary/aromatic N) is 3. The van der Waals surface area contributed by atoms with Gasteiger partial charge in [0, 0.05) is 11.1 Å². The Morgan fingerprint density at radius 2 is 1.88 bits per heavy atom. The monoisotopic (exact) mass is 471 g/mol. The Hall–Kier alpha value is -3.36. The van der Waals surface area contributed by atoms with E-state index in [1.165, 1.54) is 28.2 Å². The maximum Gasteiger partial charge on any atom is 0.268 e. The molecule has 6 nitrogen and oxygen atoms in total. The quantitative estimate of drug-likeness (QED) is 0.324. The van der Waals surface area contributed by atoms with Crippen molar-refractivity contribution in [3.63, 3.8) is 0 Å². The highest BCUT2D eigenvalue weighted by atomic mass is 32.1. The highest BCUT2D eigenvalue weighted by molar-refractivity contribution is 7.18. The van der Waals surface area contributed by atoms with Crippen molar-refractivity contribution < 1.29 is 4.79 Å². The van der Waals surface area contributed by atoms with Crippen LogP contribution in [0.15, 0.2) is 48.7 Å². The molecule has 0 spiro atoms. The summed E-state index contributed by atoms with van der Waals surface area (Å²) in [6.45, 7) is 1.87. The van der Waals surface area contributed by atoms with Gasteiger partial charge in [-0.2, -0.15) is 0 Å². The minimum absolute atomic E-state index is 0.136. The molecule has 4 aromatic heterocycles. The van der Waals surface area contributed by atoms with E-state index in [-0.39, 0.29) is 5.91 Å². The molecule has 4 heterocycles. The number of anilines is 1. The molecule has 1 aromatic carbocycles. The molecule has 1 aliphatic rings. The summed E-state index contributed by atoms with van der Waals surface area (Å²) >= 11 is 3.05. The molecule has 5 aromatic rings. The number of nitrogens with one attached hydrogen (secondary N) is 2. The van der Waals surface area contributed by atoms with E-state index in [2.05, 4.69) is 20.3 Å². The molecule has 0 saturated heterocycles. The number of rotatable bonds is 4. The second-order valence-electron chi connectivity index (χ2n) is 8.12. The van der Waals surface area contributed by atoms with Crippen LogP contribution in [0.4, 0.5) is 5.00 Å². The first-order valence-electron chi connectivity index (χ1n) is 11.0. The van der Waals surface area contributed by atoms with Crippen LogP contribution in [0.1, 0.15) is 38.6 Å². The van der Waals surface area contributed by atoms with Gasteiger partial charge in [-0.1, -0.05) is 18.2 Å². The number of H-pyrrole nitrogens is 1. The van der Waals surface area contributed by atoms with Crippen molar-refractivity contribution >= 4 is 44.6 Å². The van der Waals surface area contributed by atoms with Gasteiger partial charge < -0.3 is 10.3 Å². The third-order valence-electron chi connectivity index (χ3n) is 5.91. The third kappa shape index (κ3) is 3.65. The van der Waals surface area contributed by atoms with Crippen LogP contribution >= 0.6 is 22.7 Å². The van der Waals surface area contributed by atoms with Crippen LogP contribution in [0.2, 0.25) is 0 Å². The smallest absolute Gasteiger partial charge is 0.268 e. The average Bonchev–Trinajstić information content (AvgIpc) is 3.53. The van der Waals surface area contributed by atoms with Crippen molar-refractivity contribution in [2.45, 2.75) is 32.6 Å². The first-order chi connectivity index (χ1) is 16.2. The number of carbonyl (C=O) groups excluding carboxylic acids is 1. The van der Waals surface area contributed by atoms with Gasteiger partial charge >= 0.3 is 0 Å². The molecular formula is C25H21N5OS2. The summed E-state index contributed by atoms with van der Waals surface area (Å²) in [5.41, 5.74) is 5.77. The molecule has 0 fully saturated rings. The molecule has 2 N–H and O–H groups in total. The number of benzene rings is 1. The number of fused-ring (bicyclic) bond motifs is 2. The summed E-state index contributed by atoms with van der Waals surface area (Å²) in [4.78, 5) is 32.6. The largest absolute Gasteiger partial charge is 0.338 e.